The molecule has 27 heavy (non-hydrogen) atoms. The van der Waals surface area contributed by atoms with Gasteiger partial charge in [0.2, 0.25) is 0 Å². The van der Waals surface area contributed by atoms with Crippen molar-refractivity contribution >= 4 is 23.0 Å². The lowest BCUT2D eigenvalue weighted by Crippen LogP contribution is -2.06. The number of rotatable bonds is 7. The van der Waals surface area contributed by atoms with E-state index in [1.54, 1.807) is 41.7 Å². The lowest BCUT2D eigenvalue weighted by molar-refractivity contribution is 0.0472. The Morgan fingerprint density at radius 3 is 2.63 bits per heavy atom. The predicted molar refractivity (Wildman–Crippen MR) is 105 cm³/mol. The number of esters is 1. The molecule has 5 nitrogen and oxygen atoms in total. The molecule has 0 aliphatic rings. The van der Waals surface area contributed by atoms with Gasteiger partial charge in [0.25, 0.3) is 0 Å². The maximum Gasteiger partial charge on any atom is 0.338 e. The van der Waals surface area contributed by atoms with Crippen LogP contribution in [0.5, 0.6) is 5.75 Å². The van der Waals surface area contributed by atoms with E-state index in [-0.39, 0.29) is 6.61 Å². The van der Waals surface area contributed by atoms with Crippen LogP contribution in [0.4, 0.5) is 5.69 Å². The molecule has 0 bridgehead atoms. The van der Waals surface area contributed by atoms with Gasteiger partial charge >= 0.3 is 5.97 Å². The van der Waals surface area contributed by atoms with Crippen molar-refractivity contribution in [3.8, 4) is 11.8 Å². The first-order chi connectivity index (χ1) is 13.2. The van der Waals surface area contributed by atoms with E-state index in [4.69, 9.17) is 14.7 Å². The summed E-state index contributed by atoms with van der Waals surface area (Å²) in [5, 5.41) is 16.6. The molecule has 0 radical (unpaired) electrons. The van der Waals surface area contributed by atoms with Crippen LogP contribution in [0.25, 0.3) is 0 Å². The molecule has 0 atom stereocenters. The predicted octanol–water partition coefficient (Wildman–Crippen LogP) is 4.60. The van der Waals surface area contributed by atoms with Gasteiger partial charge in [0.1, 0.15) is 18.4 Å². The summed E-state index contributed by atoms with van der Waals surface area (Å²) >= 11 is 1.66. The van der Waals surface area contributed by atoms with Gasteiger partial charge in [0.15, 0.2) is 0 Å². The molecule has 2 aromatic carbocycles. The summed E-state index contributed by atoms with van der Waals surface area (Å²) in [5.41, 5.74) is 3.78. The Bertz CT molecular complexity index is 945. The molecule has 1 aromatic heterocycles. The van der Waals surface area contributed by atoms with E-state index in [2.05, 4.69) is 22.8 Å². The zero-order chi connectivity index (χ0) is 19.1. The van der Waals surface area contributed by atoms with Crippen molar-refractivity contribution in [3.63, 3.8) is 0 Å². The standard InChI is InChI=1S/C21H18N2O3S/c1-25-20-7-2-15(10-18(20)11-22)13-26-21(24)17-3-5-19(6-4-17)23-12-16-8-9-27-14-16/h2-10,14,23H,12-13H2,1H3. The normalized spacial score (nSPS) is 10.1. The summed E-state index contributed by atoms with van der Waals surface area (Å²) in [6.45, 7) is 0.835. The molecule has 0 spiro atoms. The molecule has 0 unspecified atom stereocenters. The average Bonchev–Trinajstić information content (AvgIpc) is 3.24. The molecule has 1 heterocycles. The van der Waals surface area contributed by atoms with E-state index in [0.717, 1.165) is 17.8 Å². The Hall–Kier alpha value is -3.30. The topological polar surface area (TPSA) is 71.3 Å². The highest BCUT2D eigenvalue weighted by Gasteiger charge is 2.09. The van der Waals surface area contributed by atoms with Crippen molar-refractivity contribution in [1.29, 1.82) is 5.26 Å². The van der Waals surface area contributed by atoms with Crippen molar-refractivity contribution in [2.75, 3.05) is 12.4 Å². The number of methoxy groups -OCH3 is 1. The minimum absolute atomic E-state index is 0.0929. The number of ether oxygens (including phenoxy) is 2. The third kappa shape index (κ3) is 4.87. The third-order valence-electron chi connectivity index (χ3n) is 3.95. The van der Waals surface area contributed by atoms with Crippen LogP contribution in [0.1, 0.15) is 27.0 Å². The summed E-state index contributed by atoms with van der Waals surface area (Å²) in [6, 6.07) is 16.4. The fraction of sp³-hybridized carbons (Fsp3) is 0.143. The average molecular weight is 378 g/mol. The summed E-state index contributed by atoms with van der Waals surface area (Å²) in [4.78, 5) is 12.2. The maximum atomic E-state index is 12.2. The Labute approximate surface area is 161 Å². The van der Waals surface area contributed by atoms with Crippen LogP contribution < -0.4 is 10.1 Å². The van der Waals surface area contributed by atoms with Crippen LogP contribution in [0, 0.1) is 11.3 Å². The van der Waals surface area contributed by atoms with E-state index < -0.39 is 5.97 Å². The van der Waals surface area contributed by atoms with Crippen molar-refractivity contribution in [2.24, 2.45) is 0 Å². The molecule has 3 aromatic rings. The Balaban J connectivity index is 1.55. The number of carbonyl (C=O) groups excluding carboxylic acids is 1. The Kier molecular flexibility index (Phi) is 6.08. The number of nitrogens with zero attached hydrogens (tertiary/aromatic N) is 1. The summed E-state index contributed by atoms with van der Waals surface area (Å²) < 4.78 is 10.4. The Morgan fingerprint density at radius 2 is 1.96 bits per heavy atom. The molecule has 0 saturated carbocycles. The van der Waals surface area contributed by atoms with Crippen molar-refractivity contribution in [2.45, 2.75) is 13.2 Å². The minimum Gasteiger partial charge on any atom is -0.495 e. The zero-order valence-electron chi connectivity index (χ0n) is 14.8. The molecule has 0 aliphatic carbocycles. The molecule has 136 valence electrons. The highest BCUT2D eigenvalue weighted by Crippen LogP contribution is 2.20. The van der Waals surface area contributed by atoms with Crippen LogP contribution in [0.15, 0.2) is 59.3 Å². The lowest BCUT2D eigenvalue weighted by atomic mass is 10.1. The molecule has 3 rings (SSSR count). The molecule has 0 aliphatic heterocycles. The first-order valence-corrected chi connectivity index (χ1v) is 9.23. The van der Waals surface area contributed by atoms with Gasteiger partial charge in [-0.25, -0.2) is 4.79 Å². The van der Waals surface area contributed by atoms with E-state index >= 15 is 0 Å². The van der Waals surface area contributed by atoms with Crippen LogP contribution in [-0.2, 0) is 17.9 Å². The summed E-state index contributed by atoms with van der Waals surface area (Å²) in [7, 11) is 1.51. The lowest BCUT2D eigenvalue weighted by Gasteiger charge is -2.09. The van der Waals surface area contributed by atoms with Gasteiger partial charge in [-0.3, -0.25) is 0 Å². The largest absolute Gasteiger partial charge is 0.495 e. The number of hydrogen-bond acceptors (Lipinski definition) is 6. The van der Waals surface area contributed by atoms with E-state index in [0.29, 0.717) is 16.9 Å². The number of thiophene rings is 1. The van der Waals surface area contributed by atoms with Crippen molar-refractivity contribution < 1.29 is 14.3 Å². The number of nitrogens with one attached hydrogen (secondary N) is 1. The first-order valence-electron chi connectivity index (χ1n) is 8.29. The van der Waals surface area contributed by atoms with Gasteiger partial charge in [-0.1, -0.05) is 6.07 Å². The number of hydrogen-bond donors (Lipinski definition) is 1. The number of carbonyl (C=O) groups is 1. The second-order valence-corrected chi connectivity index (χ2v) is 6.57. The van der Waals surface area contributed by atoms with E-state index in [1.807, 2.05) is 17.5 Å². The van der Waals surface area contributed by atoms with Crippen molar-refractivity contribution in [3.05, 3.63) is 81.5 Å². The van der Waals surface area contributed by atoms with Gasteiger partial charge in [0, 0.05) is 12.2 Å². The highest BCUT2D eigenvalue weighted by atomic mass is 32.1. The summed E-state index contributed by atoms with van der Waals surface area (Å²) in [6.07, 6.45) is 0. The van der Waals surface area contributed by atoms with Gasteiger partial charge in [-0.05, 0) is 64.4 Å². The zero-order valence-corrected chi connectivity index (χ0v) is 15.6. The second kappa shape index (κ2) is 8.88. The van der Waals surface area contributed by atoms with E-state index in [1.165, 1.54) is 12.7 Å². The SMILES string of the molecule is COc1ccc(COC(=O)c2ccc(NCc3ccsc3)cc2)cc1C#N. The minimum atomic E-state index is -0.409. The fourth-order valence-corrected chi connectivity index (χ4v) is 3.15. The highest BCUT2D eigenvalue weighted by molar-refractivity contribution is 7.07. The second-order valence-electron chi connectivity index (χ2n) is 5.79. The molecular formula is C21H18N2O3S. The van der Waals surface area contributed by atoms with Crippen molar-refractivity contribution in [1.82, 2.24) is 0 Å². The molecule has 6 heteroatoms. The van der Waals surface area contributed by atoms with E-state index in [9.17, 15) is 4.79 Å². The molecule has 0 amide bonds. The van der Waals surface area contributed by atoms with Gasteiger partial charge in [-0.2, -0.15) is 16.6 Å². The number of nitriles is 1. The van der Waals surface area contributed by atoms with Crippen LogP contribution >= 0.6 is 11.3 Å². The fourth-order valence-electron chi connectivity index (χ4n) is 2.49. The monoisotopic (exact) mass is 378 g/mol. The van der Waals surface area contributed by atoms with Crippen LogP contribution in [0.3, 0.4) is 0 Å². The smallest absolute Gasteiger partial charge is 0.338 e. The van der Waals surface area contributed by atoms with Crippen LogP contribution in [-0.4, -0.2) is 13.1 Å². The Morgan fingerprint density at radius 1 is 1.15 bits per heavy atom. The van der Waals surface area contributed by atoms with Gasteiger partial charge in [-0.15, -0.1) is 0 Å². The number of anilines is 1. The molecule has 1 N–H and O–H groups in total. The maximum absolute atomic E-state index is 12.2. The quantitative estimate of drug-likeness (QED) is 0.609. The molecular weight excluding hydrogens is 360 g/mol. The molecule has 0 fully saturated rings. The van der Waals surface area contributed by atoms with Gasteiger partial charge in [0.05, 0.1) is 18.2 Å². The number of benzene rings is 2. The first kappa shape index (κ1) is 18.5. The summed E-state index contributed by atoms with van der Waals surface area (Å²) in [5.74, 6) is 0.0897. The van der Waals surface area contributed by atoms with Crippen LogP contribution in [0.2, 0.25) is 0 Å². The third-order valence-corrected chi connectivity index (χ3v) is 4.68. The van der Waals surface area contributed by atoms with Gasteiger partial charge < -0.3 is 14.8 Å². The molecule has 0 saturated heterocycles.